The quantitative estimate of drug-likeness (QED) is 0.362. The van der Waals surface area contributed by atoms with Gasteiger partial charge in [0.25, 0.3) is 0 Å². The van der Waals surface area contributed by atoms with Crippen LogP contribution in [0.2, 0.25) is 0 Å². The molecule has 0 radical (unpaired) electrons. The van der Waals surface area contributed by atoms with E-state index in [1.54, 1.807) is 0 Å². The van der Waals surface area contributed by atoms with Crippen LogP contribution in [-0.2, 0) is 16.0 Å². The summed E-state index contributed by atoms with van der Waals surface area (Å²) in [5.41, 5.74) is -0.663. The van der Waals surface area contributed by atoms with Gasteiger partial charge in [0.2, 0.25) is 0 Å². The number of hydrogen-bond acceptors (Lipinski definition) is 4. The van der Waals surface area contributed by atoms with Gasteiger partial charge in [0.15, 0.2) is 5.97 Å². The third-order valence-electron chi connectivity index (χ3n) is 2.17. The van der Waals surface area contributed by atoms with Gasteiger partial charge in [0, 0.05) is 12.0 Å². The zero-order valence-electron chi connectivity index (χ0n) is 9.54. The Labute approximate surface area is 108 Å². The Balaban J connectivity index is 3.03. The maximum absolute atomic E-state index is 12.9. The molecule has 4 nitrogen and oxygen atoms in total. The van der Waals surface area contributed by atoms with Gasteiger partial charge in [-0.25, -0.2) is 4.79 Å². The summed E-state index contributed by atoms with van der Waals surface area (Å²) in [5, 5.41) is 10.1. The fraction of sp³-hybridized carbons (Fsp3) is 0.273. The summed E-state index contributed by atoms with van der Waals surface area (Å²) in [6, 6.07) is 4.06. The van der Waals surface area contributed by atoms with Crippen molar-refractivity contribution < 1.29 is 41.4 Å². The molecule has 0 aliphatic heterocycles. The van der Waals surface area contributed by atoms with Gasteiger partial charge in [-0.15, -0.1) is 0 Å². The molecule has 20 heavy (non-hydrogen) atoms. The first-order valence-corrected chi connectivity index (χ1v) is 5.00. The van der Waals surface area contributed by atoms with Crippen molar-refractivity contribution in [3.8, 4) is 5.75 Å². The fourth-order valence-corrected chi connectivity index (χ4v) is 1.23. The van der Waals surface area contributed by atoms with Crippen LogP contribution in [0.5, 0.6) is 5.75 Å². The van der Waals surface area contributed by atoms with Crippen LogP contribution in [0.15, 0.2) is 24.3 Å². The largest absolute Gasteiger partial charge is 0.539 e. The van der Waals surface area contributed by atoms with Crippen molar-refractivity contribution in [3.05, 3.63) is 29.8 Å². The molecule has 0 N–H and O–H groups in total. The van der Waals surface area contributed by atoms with Crippen molar-refractivity contribution in [2.24, 2.45) is 0 Å². The number of para-hydroxylation sites is 1. The number of aliphatic carboxylic acids is 1. The van der Waals surface area contributed by atoms with Crippen LogP contribution in [0.25, 0.3) is 0 Å². The fourth-order valence-electron chi connectivity index (χ4n) is 1.23. The number of alkyl halides is 5. The van der Waals surface area contributed by atoms with E-state index in [0.717, 1.165) is 18.2 Å². The molecule has 0 bridgehead atoms. The van der Waals surface area contributed by atoms with Crippen molar-refractivity contribution in [3.63, 3.8) is 0 Å². The maximum Gasteiger partial charge on any atom is 0.453 e. The van der Waals surface area contributed by atoms with E-state index in [1.807, 2.05) is 0 Å². The molecule has 0 unspecified atom stereocenters. The molecule has 0 fully saturated rings. The van der Waals surface area contributed by atoms with E-state index in [-0.39, 0.29) is 0 Å². The zero-order valence-corrected chi connectivity index (χ0v) is 9.54. The first kappa shape index (κ1) is 15.9. The lowest BCUT2D eigenvalue weighted by Gasteiger charge is -2.20. The van der Waals surface area contributed by atoms with Gasteiger partial charge >= 0.3 is 18.1 Å². The summed E-state index contributed by atoms with van der Waals surface area (Å²) in [6.45, 7) is 0. The first-order chi connectivity index (χ1) is 9.04. The van der Waals surface area contributed by atoms with E-state index in [2.05, 4.69) is 4.74 Å². The van der Waals surface area contributed by atoms with E-state index in [0.29, 0.717) is 0 Å². The average Bonchev–Trinajstić information content (AvgIpc) is 2.29. The van der Waals surface area contributed by atoms with Crippen LogP contribution in [0.1, 0.15) is 5.56 Å². The standard InChI is InChI=1S/C11H7F5O4/c12-10(13,11(14,15)16)5-6-3-1-2-4-7(6)20-9(19)8(17)18/h1-4H,5H2,(H,17,18)/p-1. The normalized spacial score (nSPS) is 12.1. The van der Waals surface area contributed by atoms with E-state index in [9.17, 15) is 36.6 Å². The number of carbonyl (C=O) groups is 2. The topological polar surface area (TPSA) is 66.4 Å². The van der Waals surface area contributed by atoms with Crippen LogP contribution < -0.4 is 9.84 Å². The van der Waals surface area contributed by atoms with Gasteiger partial charge < -0.3 is 14.6 Å². The maximum atomic E-state index is 12.9. The van der Waals surface area contributed by atoms with Crippen molar-refractivity contribution in [1.29, 1.82) is 0 Å². The van der Waals surface area contributed by atoms with Crippen molar-refractivity contribution in [2.45, 2.75) is 18.5 Å². The van der Waals surface area contributed by atoms with Crippen LogP contribution in [-0.4, -0.2) is 24.0 Å². The molecular formula is C11H6F5O4-. The van der Waals surface area contributed by atoms with Gasteiger partial charge in [0.05, 0.1) is 0 Å². The van der Waals surface area contributed by atoms with Gasteiger partial charge in [-0.1, -0.05) is 18.2 Å². The number of ether oxygens (including phenoxy) is 1. The lowest BCUT2D eigenvalue weighted by atomic mass is 10.1. The molecule has 0 saturated heterocycles. The Bertz CT molecular complexity index is 524. The number of halogens is 5. The Kier molecular flexibility index (Phi) is 4.31. The molecule has 0 atom stereocenters. The molecule has 0 heterocycles. The monoisotopic (exact) mass is 297 g/mol. The highest BCUT2D eigenvalue weighted by atomic mass is 19.4. The molecule has 1 aromatic carbocycles. The van der Waals surface area contributed by atoms with E-state index in [4.69, 9.17) is 0 Å². The van der Waals surface area contributed by atoms with E-state index < -0.39 is 41.8 Å². The Morgan fingerprint density at radius 1 is 1.10 bits per heavy atom. The first-order valence-electron chi connectivity index (χ1n) is 5.00. The highest BCUT2D eigenvalue weighted by Crippen LogP contribution is 2.39. The summed E-state index contributed by atoms with van der Waals surface area (Å²) < 4.78 is 66.2. The smallest absolute Gasteiger partial charge is 0.453 e. The highest BCUT2D eigenvalue weighted by molar-refractivity contribution is 6.28. The molecule has 0 aromatic heterocycles. The second kappa shape index (κ2) is 5.43. The average molecular weight is 297 g/mol. The number of carbonyl (C=O) groups excluding carboxylic acids is 2. The van der Waals surface area contributed by atoms with Crippen LogP contribution >= 0.6 is 0 Å². The summed E-state index contributed by atoms with van der Waals surface area (Å²) >= 11 is 0. The molecule has 9 heteroatoms. The molecular weight excluding hydrogens is 291 g/mol. The van der Waals surface area contributed by atoms with Gasteiger partial charge in [-0.2, -0.15) is 22.0 Å². The summed E-state index contributed by atoms with van der Waals surface area (Å²) in [5.74, 6) is -9.89. The van der Waals surface area contributed by atoms with Crippen LogP contribution in [0.3, 0.4) is 0 Å². The lowest BCUT2D eigenvalue weighted by molar-refractivity contribution is -0.302. The molecule has 1 rings (SSSR count). The zero-order chi connectivity index (χ0) is 15.6. The van der Waals surface area contributed by atoms with Crippen molar-refractivity contribution in [2.75, 3.05) is 0 Å². The second-order valence-corrected chi connectivity index (χ2v) is 3.66. The minimum Gasteiger partial charge on any atom is -0.539 e. The third-order valence-corrected chi connectivity index (χ3v) is 2.17. The molecule has 1 aromatic rings. The molecule has 0 spiro atoms. The second-order valence-electron chi connectivity index (χ2n) is 3.66. The Morgan fingerprint density at radius 2 is 1.65 bits per heavy atom. The Hall–Kier alpha value is -2.19. The number of rotatable bonds is 3. The molecule has 110 valence electrons. The third kappa shape index (κ3) is 3.65. The van der Waals surface area contributed by atoms with Gasteiger partial charge in [-0.05, 0) is 6.07 Å². The number of benzene rings is 1. The summed E-state index contributed by atoms with van der Waals surface area (Å²) in [7, 11) is 0. The number of hydrogen-bond donors (Lipinski definition) is 0. The van der Waals surface area contributed by atoms with Crippen molar-refractivity contribution >= 4 is 11.9 Å². The number of carboxylic acid groups (broad SMARTS) is 1. The minimum absolute atomic E-state index is 0.663. The summed E-state index contributed by atoms with van der Waals surface area (Å²) in [6.07, 6.45) is -7.56. The van der Waals surface area contributed by atoms with Gasteiger partial charge in [-0.3, -0.25) is 0 Å². The predicted molar refractivity (Wildman–Crippen MR) is 51.8 cm³/mol. The highest BCUT2D eigenvalue weighted by Gasteiger charge is 2.57. The Morgan fingerprint density at radius 3 is 2.15 bits per heavy atom. The van der Waals surface area contributed by atoms with Crippen LogP contribution in [0, 0.1) is 0 Å². The summed E-state index contributed by atoms with van der Waals surface area (Å²) in [4.78, 5) is 20.9. The predicted octanol–water partition coefficient (Wildman–Crippen LogP) is 1.08. The molecule has 0 aliphatic carbocycles. The van der Waals surface area contributed by atoms with E-state index in [1.165, 1.54) is 6.07 Å². The number of carboxylic acids is 1. The molecule has 0 amide bonds. The molecule has 0 saturated carbocycles. The van der Waals surface area contributed by atoms with Crippen molar-refractivity contribution in [1.82, 2.24) is 0 Å². The number of esters is 1. The van der Waals surface area contributed by atoms with Gasteiger partial charge in [0.1, 0.15) is 5.75 Å². The SMILES string of the molecule is O=C([O-])C(=O)Oc1ccccc1CC(F)(F)C(F)(F)F. The molecule has 0 aliphatic rings. The van der Waals surface area contributed by atoms with E-state index >= 15 is 0 Å². The lowest BCUT2D eigenvalue weighted by Crippen LogP contribution is -2.39. The minimum atomic E-state index is -5.78. The van der Waals surface area contributed by atoms with Crippen LogP contribution in [0.4, 0.5) is 22.0 Å².